The summed E-state index contributed by atoms with van der Waals surface area (Å²) in [6.07, 6.45) is 0. The van der Waals surface area contributed by atoms with E-state index in [1.54, 1.807) is 35.0 Å². The molecule has 0 aromatic carbocycles. The number of carbonyl (C=O) groups is 3. The zero-order valence-corrected chi connectivity index (χ0v) is 12.4. The van der Waals surface area contributed by atoms with Crippen LogP contribution in [0.3, 0.4) is 0 Å². The van der Waals surface area contributed by atoms with Crippen molar-refractivity contribution in [3.8, 4) is 0 Å². The highest BCUT2D eigenvalue weighted by Gasteiger charge is 2.23. The van der Waals surface area contributed by atoms with Crippen LogP contribution in [0.25, 0.3) is 0 Å². The second-order valence-electron chi connectivity index (χ2n) is 4.01. The van der Waals surface area contributed by atoms with Crippen molar-refractivity contribution < 1.29 is 19.5 Å². The molecule has 6 nitrogen and oxygen atoms in total. The monoisotopic (exact) mass is 324 g/mol. The first-order chi connectivity index (χ1) is 10.1. The van der Waals surface area contributed by atoms with Crippen LogP contribution in [-0.4, -0.2) is 29.4 Å². The molecule has 1 unspecified atom stereocenters. The Morgan fingerprint density at radius 1 is 1.14 bits per heavy atom. The second kappa shape index (κ2) is 7.00. The maximum atomic E-state index is 11.7. The van der Waals surface area contributed by atoms with Gasteiger partial charge in [-0.3, -0.25) is 9.59 Å². The maximum Gasteiger partial charge on any atom is 0.331 e. The van der Waals surface area contributed by atoms with Crippen LogP contribution in [0.1, 0.15) is 20.6 Å². The average Bonchev–Trinajstić information content (AvgIpc) is 3.13. The topological polar surface area (TPSA) is 95.5 Å². The molecular formula is C13H12N2O4S2. The largest absolute Gasteiger partial charge is 0.479 e. The van der Waals surface area contributed by atoms with Crippen molar-refractivity contribution in [3.63, 3.8) is 0 Å². The average molecular weight is 324 g/mol. The van der Waals surface area contributed by atoms with E-state index in [1.807, 2.05) is 0 Å². The molecule has 0 saturated carbocycles. The van der Waals surface area contributed by atoms with Crippen LogP contribution in [0.2, 0.25) is 0 Å². The fraction of sp³-hybridized carbons (Fsp3) is 0.154. The highest BCUT2D eigenvalue weighted by Crippen LogP contribution is 2.18. The summed E-state index contributed by atoms with van der Waals surface area (Å²) in [7, 11) is 0. The Labute approximate surface area is 128 Å². The molecule has 2 aromatic rings. The van der Waals surface area contributed by atoms with Gasteiger partial charge in [-0.2, -0.15) is 0 Å². The van der Waals surface area contributed by atoms with Crippen molar-refractivity contribution in [3.05, 3.63) is 44.8 Å². The molecule has 2 aromatic heterocycles. The van der Waals surface area contributed by atoms with Gasteiger partial charge in [0.05, 0.1) is 11.4 Å². The molecule has 2 heterocycles. The number of nitrogens with one attached hydrogen (secondary N) is 2. The number of hydrogen-bond acceptors (Lipinski definition) is 5. The Morgan fingerprint density at radius 2 is 1.86 bits per heavy atom. The van der Waals surface area contributed by atoms with Gasteiger partial charge in [0.1, 0.15) is 0 Å². The molecule has 0 spiro atoms. The third-order valence-corrected chi connectivity index (χ3v) is 4.34. The van der Waals surface area contributed by atoms with Gasteiger partial charge in [-0.25, -0.2) is 4.79 Å². The summed E-state index contributed by atoms with van der Waals surface area (Å²) in [5.74, 6) is -2.06. The van der Waals surface area contributed by atoms with Crippen LogP contribution in [0, 0.1) is 0 Å². The van der Waals surface area contributed by atoms with Crippen LogP contribution in [0.15, 0.2) is 35.0 Å². The number of carboxylic acid groups (broad SMARTS) is 1. The number of thiophene rings is 2. The predicted molar refractivity (Wildman–Crippen MR) is 79.5 cm³/mol. The first-order valence-electron chi connectivity index (χ1n) is 5.95. The lowest BCUT2D eigenvalue weighted by Crippen LogP contribution is -2.40. The van der Waals surface area contributed by atoms with E-state index >= 15 is 0 Å². The minimum atomic E-state index is -1.14. The number of carbonyl (C=O) groups excluding carboxylic acids is 2. The Balaban J connectivity index is 1.88. The van der Waals surface area contributed by atoms with Crippen molar-refractivity contribution in [1.29, 1.82) is 0 Å². The first-order valence-corrected chi connectivity index (χ1v) is 7.71. The van der Waals surface area contributed by atoms with E-state index in [0.717, 1.165) is 0 Å². The highest BCUT2D eigenvalue weighted by atomic mass is 32.1. The minimum absolute atomic E-state index is 0.272. The molecule has 8 heteroatoms. The van der Waals surface area contributed by atoms with Crippen LogP contribution in [0.5, 0.6) is 0 Å². The number of carboxylic acids is 1. The molecule has 110 valence electrons. The summed E-state index contributed by atoms with van der Waals surface area (Å²) < 4.78 is 0. The molecule has 0 radical (unpaired) electrons. The standard InChI is InChI=1S/C13H12N2O4S2/c16-10(7-14-12(17)9-4-2-6-21-9)15-11(13(18)19)8-3-1-5-20-8/h1-6,11H,7H2,(H,14,17)(H,15,16)(H,18,19). The van der Waals surface area contributed by atoms with Crippen LogP contribution in [-0.2, 0) is 9.59 Å². The smallest absolute Gasteiger partial charge is 0.331 e. The first kappa shape index (κ1) is 15.2. The molecule has 0 bridgehead atoms. The van der Waals surface area contributed by atoms with Crippen LogP contribution < -0.4 is 10.6 Å². The molecule has 2 amide bonds. The Kier molecular flexibility index (Phi) is 5.07. The number of hydrogen-bond donors (Lipinski definition) is 3. The summed E-state index contributed by atoms with van der Waals surface area (Å²) >= 11 is 2.51. The van der Waals surface area contributed by atoms with Gasteiger partial charge in [-0.15, -0.1) is 22.7 Å². The van der Waals surface area contributed by atoms with E-state index in [4.69, 9.17) is 5.11 Å². The molecule has 21 heavy (non-hydrogen) atoms. The van der Waals surface area contributed by atoms with Gasteiger partial charge in [0.2, 0.25) is 5.91 Å². The fourth-order valence-electron chi connectivity index (χ4n) is 1.58. The van der Waals surface area contributed by atoms with Gasteiger partial charge in [0.15, 0.2) is 6.04 Å². The Bertz CT molecular complexity index is 623. The zero-order valence-electron chi connectivity index (χ0n) is 10.7. The van der Waals surface area contributed by atoms with E-state index < -0.39 is 17.9 Å². The lowest BCUT2D eigenvalue weighted by Gasteiger charge is -2.13. The Morgan fingerprint density at radius 3 is 2.43 bits per heavy atom. The van der Waals surface area contributed by atoms with E-state index in [-0.39, 0.29) is 12.5 Å². The van der Waals surface area contributed by atoms with Crippen molar-refractivity contribution in [2.24, 2.45) is 0 Å². The molecular weight excluding hydrogens is 312 g/mol. The van der Waals surface area contributed by atoms with Gasteiger partial charge < -0.3 is 15.7 Å². The number of amides is 2. The predicted octanol–water partition coefficient (Wildman–Crippen LogP) is 1.48. The molecule has 2 rings (SSSR count). The van der Waals surface area contributed by atoms with E-state index in [9.17, 15) is 14.4 Å². The third-order valence-electron chi connectivity index (χ3n) is 2.53. The summed E-state index contributed by atoms with van der Waals surface area (Å²) in [4.78, 5) is 35.6. The molecule has 0 aliphatic carbocycles. The number of aliphatic carboxylic acids is 1. The van der Waals surface area contributed by atoms with Gasteiger partial charge in [0.25, 0.3) is 5.91 Å². The number of rotatable bonds is 6. The quantitative estimate of drug-likeness (QED) is 0.750. The van der Waals surface area contributed by atoms with Crippen molar-refractivity contribution in [1.82, 2.24) is 10.6 Å². The van der Waals surface area contributed by atoms with Gasteiger partial charge >= 0.3 is 5.97 Å². The van der Waals surface area contributed by atoms with E-state index in [1.165, 1.54) is 22.7 Å². The summed E-state index contributed by atoms with van der Waals surface area (Å²) in [6.45, 7) is -0.272. The van der Waals surface area contributed by atoms with E-state index in [0.29, 0.717) is 9.75 Å². The highest BCUT2D eigenvalue weighted by molar-refractivity contribution is 7.12. The van der Waals surface area contributed by atoms with Crippen LogP contribution in [0.4, 0.5) is 0 Å². The lowest BCUT2D eigenvalue weighted by molar-refractivity contribution is -0.141. The SMILES string of the molecule is O=C(CNC(=O)c1cccs1)NC(C(=O)O)c1cccs1. The molecule has 0 aliphatic heterocycles. The molecule has 0 aliphatic rings. The van der Waals surface area contributed by atoms with Gasteiger partial charge in [-0.1, -0.05) is 12.1 Å². The summed E-state index contributed by atoms with van der Waals surface area (Å²) in [5, 5.41) is 17.4. The molecule has 1 atom stereocenters. The van der Waals surface area contributed by atoms with Crippen LogP contribution >= 0.6 is 22.7 Å². The van der Waals surface area contributed by atoms with Crippen molar-refractivity contribution >= 4 is 40.5 Å². The van der Waals surface area contributed by atoms with Crippen molar-refractivity contribution in [2.75, 3.05) is 6.54 Å². The second-order valence-corrected chi connectivity index (χ2v) is 5.94. The normalized spacial score (nSPS) is 11.6. The van der Waals surface area contributed by atoms with Crippen molar-refractivity contribution in [2.45, 2.75) is 6.04 Å². The molecule has 0 fully saturated rings. The maximum absolute atomic E-state index is 11.7. The fourth-order valence-corrected chi connectivity index (χ4v) is 2.98. The minimum Gasteiger partial charge on any atom is -0.479 e. The lowest BCUT2D eigenvalue weighted by atomic mass is 10.2. The molecule has 3 N–H and O–H groups in total. The summed E-state index contributed by atoms with van der Waals surface area (Å²) in [5.41, 5.74) is 0. The third kappa shape index (κ3) is 4.14. The van der Waals surface area contributed by atoms with Gasteiger partial charge in [-0.05, 0) is 22.9 Å². The molecule has 0 saturated heterocycles. The van der Waals surface area contributed by atoms with E-state index in [2.05, 4.69) is 10.6 Å². The van der Waals surface area contributed by atoms with Gasteiger partial charge in [0, 0.05) is 4.88 Å². The summed E-state index contributed by atoms with van der Waals surface area (Å²) in [6, 6.07) is 5.62. The Hall–Kier alpha value is -2.19. The zero-order chi connectivity index (χ0) is 15.2.